The Morgan fingerprint density at radius 2 is 1.91 bits per heavy atom. The van der Waals surface area contributed by atoms with Gasteiger partial charge in [-0.05, 0) is 33.9 Å². The number of hydrogen-bond acceptors (Lipinski definition) is 2. The highest BCUT2D eigenvalue weighted by Crippen LogP contribution is 1.79. The zero-order chi connectivity index (χ0) is 9.11. The molecule has 0 saturated carbocycles. The second-order valence-electron chi connectivity index (χ2n) is 2.74. The van der Waals surface area contributed by atoms with Gasteiger partial charge >= 0.3 is 0 Å². The van der Waals surface area contributed by atoms with Gasteiger partial charge in [0, 0.05) is 6.10 Å². The Morgan fingerprint density at radius 1 is 1.45 bits per heavy atom. The van der Waals surface area contributed by atoms with Crippen LogP contribution in [0, 0.1) is 0 Å². The van der Waals surface area contributed by atoms with Crippen molar-refractivity contribution < 1.29 is 4.43 Å². The first-order valence-electron chi connectivity index (χ1n) is 4.36. The van der Waals surface area contributed by atoms with E-state index in [0.29, 0.717) is 6.10 Å². The quantitative estimate of drug-likeness (QED) is 0.504. The lowest BCUT2D eigenvalue weighted by Crippen LogP contribution is -2.06. The Kier molecular flexibility index (Phi) is 15.9. The Morgan fingerprint density at radius 3 is 2.00 bits per heavy atom. The summed E-state index contributed by atoms with van der Waals surface area (Å²) in [6.07, 6.45) is 3.04. The van der Waals surface area contributed by atoms with E-state index >= 15 is 0 Å². The van der Waals surface area contributed by atoms with E-state index in [1.807, 2.05) is 20.9 Å². The first kappa shape index (κ1) is 13.7. The fraction of sp³-hybridized carbons (Fsp3) is 1.00. The molecule has 0 heterocycles. The third-order valence-corrected chi connectivity index (χ3v) is 2.19. The third-order valence-electron chi connectivity index (χ3n) is 1.25. The molecule has 0 spiro atoms. The monoisotopic (exact) mass is 177 g/mol. The summed E-state index contributed by atoms with van der Waals surface area (Å²) in [6, 6.07) is 0. The van der Waals surface area contributed by atoms with Crippen LogP contribution in [0.1, 0.15) is 33.6 Å². The molecule has 11 heavy (non-hydrogen) atoms. The van der Waals surface area contributed by atoms with E-state index in [-0.39, 0.29) is 0 Å². The molecule has 0 rings (SSSR count). The van der Waals surface area contributed by atoms with Gasteiger partial charge in [0.1, 0.15) is 10.5 Å². The van der Waals surface area contributed by atoms with Crippen LogP contribution in [0.25, 0.3) is 0 Å². The smallest absolute Gasteiger partial charge is 0.146 e. The van der Waals surface area contributed by atoms with Crippen LogP contribution >= 0.6 is 0 Å². The van der Waals surface area contributed by atoms with Gasteiger partial charge in [-0.1, -0.05) is 13.3 Å². The average molecular weight is 177 g/mol. The second-order valence-corrected chi connectivity index (χ2v) is 3.21. The van der Waals surface area contributed by atoms with Crippen LogP contribution in [0.3, 0.4) is 0 Å². The first-order valence-corrected chi connectivity index (χ1v) is 5.18. The van der Waals surface area contributed by atoms with Gasteiger partial charge < -0.3 is 9.74 Å². The standard InChI is InChI=1S/C5H13N.C3H10OSi/c1-3-4-5-6-2;1-3(2)4-5/h6H,3-5H2,1-2H3;3H,1-2,5H3. The van der Waals surface area contributed by atoms with E-state index in [2.05, 4.69) is 12.2 Å². The lowest BCUT2D eigenvalue weighted by molar-refractivity contribution is 0.267. The molecule has 0 amide bonds. The summed E-state index contributed by atoms with van der Waals surface area (Å²) in [5, 5.41) is 3.07. The van der Waals surface area contributed by atoms with Gasteiger partial charge in [0.25, 0.3) is 0 Å². The summed E-state index contributed by atoms with van der Waals surface area (Å²) in [5.74, 6) is 0. The Labute approximate surface area is 74.3 Å². The number of rotatable bonds is 4. The van der Waals surface area contributed by atoms with Gasteiger partial charge in [0.2, 0.25) is 0 Å². The molecule has 0 radical (unpaired) electrons. The molecular formula is C8H23NOSi. The minimum Gasteiger partial charge on any atom is -0.426 e. The van der Waals surface area contributed by atoms with Crippen molar-refractivity contribution in [2.24, 2.45) is 0 Å². The SMILES string of the molecule is CC(C)O[SiH3].CCCCNC. The maximum Gasteiger partial charge on any atom is 0.146 e. The molecule has 0 aromatic heterocycles. The lowest BCUT2D eigenvalue weighted by Gasteiger charge is -1.95. The molecule has 0 aliphatic heterocycles. The molecule has 0 atom stereocenters. The van der Waals surface area contributed by atoms with Gasteiger partial charge in [-0.25, -0.2) is 0 Å². The summed E-state index contributed by atoms with van der Waals surface area (Å²) in [4.78, 5) is 0. The van der Waals surface area contributed by atoms with Crippen molar-refractivity contribution in [1.29, 1.82) is 0 Å². The minimum atomic E-state index is 0.446. The van der Waals surface area contributed by atoms with Crippen LogP contribution in [0.15, 0.2) is 0 Å². The highest BCUT2D eigenvalue weighted by Gasteiger charge is 1.77. The zero-order valence-corrected chi connectivity index (χ0v) is 10.6. The van der Waals surface area contributed by atoms with Crippen LogP contribution in [-0.2, 0) is 4.43 Å². The van der Waals surface area contributed by atoms with E-state index in [0.717, 1.165) is 17.0 Å². The third kappa shape index (κ3) is 25.4. The molecule has 0 fully saturated rings. The van der Waals surface area contributed by atoms with Gasteiger partial charge in [0.05, 0.1) is 0 Å². The Bertz CT molecular complexity index is 56.1. The van der Waals surface area contributed by atoms with Gasteiger partial charge in [0.15, 0.2) is 0 Å². The van der Waals surface area contributed by atoms with Crippen LogP contribution in [-0.4, -0.2) is 30.2 Å². The van der Waals surface area contributed by atoms with Gasteiger partial charge in [-0.2, -0.15) is 0 Å². The molecular weight excluding hydrogens is 154 g/mol. The largest absolute Gasteiger partial charge is 0.426 e. The summed E-state index contributed by atoms with van der Waals surface area (Å²) in [5.41, 5.74) is 0. The molecule has 70 valence electrons. The van der Waals surface area contributed by atoms with E-state index in [4.69, 9.17) is 4.43 Å². The number of nitrogens with one attached hydrogen (secondary N) is 1. The molecule has 0 unspecified atom stereocenters. The molecule has 1 N–H and O–H groups in total. The lowest BCUT2D eigenvalue weighted by atomic mass is 10.3. The molecule has 0 aliphatic carbocycles. The van der Waals surface area contributed by atoms with E-state index in [1.54, 1.807) is 0 Å². The van der Waals surface area contributed by atoms with Gasteiger partial charge in [-0.15, -0.1) is 0 Å². The average Bonchev–Trinajstić information content (AvgIpc) is 2.02. The molecule has 3 heteroatoms. The van der Waals surface area contributed by atoms with Gasteiger partial charge in [-0.3, -0.25) is 0 Å². The van der Waals surface area contributed by atoms with Crippen molar-refractivity contribution in [2.45, 2.75) is 39.7 Å². The first-order chi connectivity index (χ1) is 5.18. The molecule has 0 bridgehead atoms. The predicted octanol–water partition coefficient (Wildman–Crippen LogP) is 0.698. The maximum absolute atomic E-state index is 4.89. The predicted molar refractivity (Wildman–Crippen MR) is 55.0 cm³/mol. The normalized spacial score (nSPS) is 9.55. The molecule has 0 aliphatic rings. The topological polar surface area (TPSA) is 21.3 Å². The summed E-state index contributed by atoms with van der Waals surface area (Å²) < 4.78 is 4.89. The minimum absolute atomic E-state index is 0.446. The Hall–Kier alpha value is 0.137. The van der Waals surface area contributed by atoms with Crippen molar-refractivity contribution in [1.82, 2.24) is 5.32 Å². The second kappa shape index (κ2) is 12.8. The van der Waals surface area contributed by atoms with Crippen molar-refractivity contribution in [2.75, 3.05) is 13.6 Å². The van der Waals surface area contributed by atoms with Crippen LogP contribution in [0.5, 0.6) is 0 Å². The molecule has 0 saturated heterocycles. The number of hydrogen-bond donors (Lipinski definition) is 1. The summed E-state index contributed by atoms with van der Waals surface area (Å²) in [6.45, 7) is 7.42. The number of unbranched alkanes of at least 4 members (excludes halogenated alkanes) is 1. The zero-order valence-electron chi connectivity index (χ0n) is 8.61. The van der Waals surface area contributed by atoms with E-state index in [1.165, 1.54) is 12.8 Å². The fourth-order valence-electron chi connectivity index (χ4n) is 0.354. The van der Waals surface area contributed by atoms with E-state index < -0.39 is 0 Å². The fourth-order valence-corrected chi connectivity index (χ4v) is 0.354. The summed E-state index contributed by atoms with van der Waals surface area (Å²) in [7, 11) is 2.86. The summed E-state index contributed by atoms with van der Waals surface area (Å²) >= 11 is 0. The van der Waals surface area contributed by atoms with Crippen molar-refractivity contribution in [3.8, 4) is 0 Å². The molecule has 2 nitrogen and oxygen atoms in total. The van der Waals surface area contributed by atoms with E-state index in [9.17, 15) is 0 Å². The molecule has 0 aromatic carbocycles. The Balaban J connectivity index is 0. The highest BCUT2D eigenvalue weighted by molar-refractivity contribution is 5.98. The van der Waals surface area contributed by atoms with Crippen molar-refractivity contribution in [3.63, 3.8) is 0 Å². The maximum atomic E-state index is 4.89. The van der Waals surface area contributed by atoms with Crippen LogP contribution in [0.2, 0.25) is 0 Å². The highest BCUT2D eigenvalue weighted by atomic mass is 28.2. The van der Waals surface area contributed by atoms with Crippen LogP contribution < -0.4 is 5.32 Å². The van der Waals surface area contributed by atoms with Crippen LogP contribution in [0.4, 0.5) is 0 Å². The molecule has 0 aromatic rings. The van der Waals surface area contributed by atoms with Crippen molar-refractivity contribution in [3.05, 3.63) is 0 Å². The van der Waals surface area contributed by atoms with Crippen molar-refractivity contribution >= 4 is 10.5 Å².